The number of aryl methyl sites for hydroxylation is 1. The van der Waals surface area contributed by atoms with Crippen LogP contribution in [0.4, 0.5) is 0 Å². The number of fused-ring (bicyclic) bond motifs is 1. The average Bonchev–Trinajstić information content (AvgIpc) is 3.05. The fourth-order valence-corrected chi connectivity index (χ4v) is 4.28. The van der Waals surface area contributed by atoms with E-state index in [0.717, 1.165) is 19.3 Å². The topological polar surface area (TPSA) is 41.1 Å². The van der Waals surface area contributed by atoms with Crippen molar-refractivity contribution >= 4 is 33.2 Å². The second-order valence-corrected chi connectivity index (χ2v) is 7.61. The SMILES string of the molecule is O=C(CNC1CCCc2sc(Br)cc21)NC1CC1. The maximum Gasteiger partial charge on any atom is 0.234 e. The van der Waals surface area contributed by atoms with Crippen molar-refractivity contribution in [1.82, 2.24) is 10.6 Å². The van der Waals surface area contributed by atoms with Gasteiger partial charge in [-0.1, -0.05) is 0 Å². The predicted octanol–water partition coefficient (Wildman–Crippen LogP) is 2.76. The second-order valence-electron chi connectivity index (χ2n) is 5.10. The molecule has 1 unspecified atom stereocenters. The lowest BCUT2D eigenvalue weighted by Crippen LogP contribution is -2.37. The zero-order chi connectivity index (χ0) is 12.5. The predicted molar refractivity (Wildman–Crippen MR) is 76.9 cm³/mol. The van der Waals surface area contributed by atoms with Crippen LogP contribution in [-0.4, -0.2) is 18.5 Å². The highest BCUT2D eigenvalue weighted by molar-refractivity contribution is 9.11. The normalized spacial score (nSPS) is 22.6. The minimum atomic E-state index is 0.138. The van der Waals surface area contributed by atoms with Gasteiger partial charge >= 0.3 is 0 Å². The minimum Gasteiger partial charge on any atom is -0.352 e. The summed E-state index contributed by atoms with van der Waals surface area (Å²) in [6.07, 6.45) is 5.82. The van der Waals surface area contributed by atoms with E-state index in [1.165, 1.54) is 27.1 Å². The number of carbonyl (C=O) groups excluding carboxylic acids is 1. The number of amides is 1. The molecule has 0 aromatic carbocycles. The summed E-state index contributed by atoms with van der Waals surface area (Å²) >= 11 is 5.38. The standard InChI is InChI=1S/C13H17BrN2OS/c14-12-6-9-10(2-1-3-11(9)18-12)15-7-13(17)16-8-4-5-8/h6,8,10,15H,1-5,7H2,(H,16,17). The average molecular weight is 329 g/mol. The summed E-state index contributed by atoms with van der Waals surface area (Å²) in [6.45, 7) is 0.439. The monoisotopic (exact) mass is 328 g/mol. The Balaban J connectivity index is 1.57. The molecular weight excluding hydrogens is 312 g/mol. The molecule has 0 spiro atoms. The molecule has 3 nitrogen and oxygen atoms in total. The van der Waals surface area contributed by atoms with E-state index in [2.05, 4.69) is 32.6 Å². The summed E-state index contributed by atoms with van der Waals surface area (Å²) in [5, 5.41) is 6.41. The van der Waals surface area contributed by atoms with Gasteiger partial charge in [0.05, 0.1) is 10.3 Å². The molecule has 2 N–H and O–H groups in total. The van der Waals surface area contributed by atoms with E-state index < -0.39 is 0 Å². The zero-order valence-corrected chi connectivity index (χ0v) is 12.6. The van der Waals surface area contributed by atoms with Crippen LogP contribution in [-0.2, 0) is 11.2 Å². The van der Waals surface area contributed by atoms with Gasteiger partial charge in [0.25, 0.3) is 0 Å². The number of rotatable bonds is 4. The highest BCUT2D eigenvalue weighted by Crippen LogP contribution is 2.37. The summed E-state index contributed by atoms with van der Waals surface area (Å²) in [4.78, 5) is 13.1. The zero-order valence-electron chi connectivity index (χ0n) is 10.2. The van der Waals surface area contributed by atoms with Crippen LogP contribution < -0.4 is 10.6 Å². The largest absolute Gasteiger partial charge is 0.352 e. The number of thiophene rings is 1. The van der Waals surface area contributed by atoms with Gasteiger partial charge < -0.3 is 10.6 Å². The van der Waals surface area contributed by atoms with Gasteiger partial charge in [-0.15, -0.1) is 11.3 Å². The van der Waals surface area contributed by atoms with Gasteiger partial charge in [-0.2, -0.15) is 0 Å². The van der Waals surface area contributed by atoms with Crippen molar-refractivity contribution in [3.63, 3.8) is 0 Å². The third-order valence-corrected chi connectivity index (χ3v) is 5.25. The highest BCUT2D eigenvalue weighted by Gasteiger charge is 2.25. The van der Waals surface area contributed by atoms with Crippen LogP contribution in [0, 0.1) is 0 Å². The molecule has 1 aromatic heterocycles. The summed E-state index contributed by atoms with van der Waals surface area (Å²) in [5.41, 5.74) is 1.39. The Morgan fingerprint density at radius 3 is 3.06 bits per heavy atom. The van der Waals surface area contributed by atoms with Crippen molar-refractivity contribution < 1.29 is 4.79 Å². The fraction of sp³-hybridized carbons (Fsp3) is 0.615. The van der Waals surface area contributed by atoms with E-state index >= 15 is 0 Å². The molecule has 0 aliphatic heterocycles. The Morgan fingerprint density at radius 1 is 1.44 bits per heavy atom. The van der Waals surface area contributed by atoms with Crippen molar-refractivity contribution in [2.45, 2.75) is 44.2 Å². The minimum absolute atomic E-state index is 0.138. The molecular formula is C13H17BrN2OS. The van der Waals surface area contributed by atoms with E-state index in [4.69, 9.17) is 0 Å². The lowest BCUT2D eigenvalue weighted by molar-refractivity contribution is -0.120. The van der Waals surface area contributed by atoms with Gasteiger partial charge in [-0.05, 0) is 59.7 Å². The fourth-order valence-electron chi connectivity index (χ4n) is 2.46. The smallest absolute Gasteiger partial charge is 0.234 e. The first-order chi connectivity index (χ1) is 8.72. The van der Waals surface area contributed by atoms with Crippen molar-refractivity contribution in [2.75, 3.05) is 6.54 Å². The van der Waals surface area contributed by atoms with E-state index in [9.17, 15) is 4.79 Å². The first-order valence-corrected chi connectivity index (χ1v) is 8.14. The number of hydrogen-bond donors (Lipinski definition) is 2. The number of nitrogens with one attached hydrogen (secondary N) is 2. The molecule has 1 fully saturated rings. The van der Waals surface area contributed by atoms with E-state index in [0.29, 0.717) is 18.6 Å². The molecule has 1 atom stereocenters. The van der Waals surface area contributed by atoms with E-state index in [1.54, 1.807) is 0 Å². The van der Waals surface area contributed by atoms with E-state index in [1.807, 2.05) is 11.3 Å². The summed E-state index contributed by atoms with van der Waals surface area (Å²) in [7, 11) is 0. The molecule has 0 bridgehead atoms. The maximum atomic E-state index is 11.7. The first kappa shape index (κ1) is 12.6. The van der Waals surface area contributed by atoms with Gasteiger partial charge in [0, 0.05) is 17.0 Å². The Hall–Kier alpha value is -0.390. The Labute approximate surface area is 119 Å². The first-order valence-electron chi connectivity index (χ1n) is 6.53. The van der Waals surface area contributed by atoms with Crippen LogP contribution in [0.15, 0.2) is 9.85 Å². The molecule has 2 aliphatic rings. The molecule has 2 aliphatic carbocycles. The van der Waals surface area contributed by atoms with Crippen LogP contribution in [0.2, 0.25) is 0 Å². The third-order valence-electron chi connectivity index (χ3n) is 3.54. The lowest BCUT2D eigenvalue weighted by Gasteiger charge is -2.23. The van der Waals surface area contributed by atoms with Gasteiger partial charge in [0.1, 0.15) is 0 Å². The van der Waals surface area contributed by atoms with Crippen LogP contribution in [0.3, 0.4) is 0 Å². The summed E-state index contributed by atoms with van der Waals surface area (Å²) in [5.74, 6) is 0.138. The van der Waals surface area contributed by atoms with Crippen molar-refractivity contribution in [2.24, 2.45) is 0 Å². The van der Waals surface area contributed by atoms with Crippen LogP contribution in [0.25, 0.3) is 0 Å². The third kappa shape index (κ3) is 2.95. The van der Waals surface area contributed by atoms with Crippen LogP contribution in [0.5, 0.6) is 0 Å². The second kappa shape index (κ2) is 5.31. The summed E-state index contributed by atoms with van der Waals surface area (Å²) in [6, 6.07) is 3.01. The molecule has 3 rings (SSSR count). The van der Waals surface area contributed by atoms with Crippen LogP contribution in [0.1, 0.15) is 42.2 Å². The van der Waals surface area contributed by atoms with E-state index in [-0.39, 0.29) is 5.91 Å². The van der Waals surface area contributed by atoms with Crippen LogP contribution >= 0.6 is 27.3 Å². The molecule has 1 amide bonds. The molecule has 98 valence electrons. The Kier molecular flexibility index (Phi) is 3.73. The highest BCUT2D eigenvalue weighted by atomic mass is 79.9. The van der Waals surface area contributed by atoms with Crippen molar-refractivity contribution in [1.29, 1.82) is 0 Å². The summed E-state index contributed by atoms with van der Waals surface area (Å²) < 4.78 is 1.20. The van der Waals surface area contributed by atoms with Gasteiger partial charge in [0.2, 0.25) is 5.91 Å². The molecule has 1 saturated carbocycles. The lowest BCUT2D eigenvalue weighted by atomic mass is 9.94. The van der Waals surface area contributed by atoms with Crippen molar-refractivity contribution in [3.05, 3.63) is 20.3 Å². The molecule has 0 radical (unpaired) electrons. The quantitative estimate of drug-likeness (QED) is 0.892. The number of hydrogen-bond acceptors (Lipinski definition) is 3. The van der Waals surface area contributed by atoms with Gasteiger partial charge in [-0.25, -0.2) is 0 Å². The molecule has 5 heteroatoms. The Bertz CT molecular complexity index is 456. The molecule has 1 heterocycles. The molecule has 1 aromatic rings. The molecule has 0 saturated heterocycles. The van der Waals surface area contributed by atoms with Gasteiger partial charge in [0.15, 0.2) is 0 Å². The number of carbonyl (C=O) groups is 1. The molecule has 18 heavy (non-hydrogen) atoms. The van der Waals surface area contributed by atoms with Gasteiger partial charge in [-0.3, -0.25) is 4.79 Å². The van der Waals surface area contributed by atoms with Crippen molar-refractivity contribution in [3.8, 4) is 0 Å². The maximum absolute atomic E-state index is 11.7. The number of halogens is 1. The Morgan fingerprint density at radius 2 is 2.28 bits per heavy atom.